The summed E-state index contributed by atoms with van der Waals surface area (Å²) in [5.74, 6) is 2.18. The highest BCUT2D eigenvalue weighted by Crippen LogP contribution is 2.20. The fourth-order valence-electron chi connectivity index (χ4n) is 1.68. The summed E-state index contributed by atoms with van der Waals surface area (Å²) < 4.78 is 5.37. The third-order valence-corrected chi connectivity index (χ3v) is 2.66. The third-order valence-electron chi connectivity index (χ3n) is 2.66. The van der Waals surface area contributed by atoms with E-state index in [9.17, 15) is 0 Å². The molecule has 1 aromatic rings. The third kappa shape index (κ3) is 3.56. The lowest BCUT2D eigenvalue weighted by Crippen LogP contribution is -2.29. The van der Waals surface area contributed by atoms with Gasteiger partial charge in [0.1, 0.15) is 17.5 Å². The van der Waals surface area contributed by atoms with E-state index in [0.717, 1.165) is 31.1 Å². The zero-order chi connectivity index (χ0) is 12.8. The minimum absolute atomic E-state index is 0.558. The van der Waals surface area contributed by atoms with E-state index in [2.05, 4.69) is 21.8 Å². The fraction of sp³-hybridized carbons (Fsp3) is 0.667. The Kier molecular flexibility index (Phi) is 5.15. The van der Waals surface area contributed by atoms with Crippen LogP contribution in [-0.2, 0) is 4.74 Å². The molecular weight excluding hydrogens is 216 g/mol. The number of rotatable bonds is 6. The Morgan fingerprint density at radius 2 is 1.94 bits per heavy atom. The van der Waals surface area contributed by atoms with Gasteiger partial charge in [0.2, 0.25) is 0 Å². The maximum Gasteiger partial charge on any atom is 0.137 e. The number of nitrogens with zero attached hydrogens (tertiary/aromatic N) is 3. The average Bonchev–Trinajstić information content (AvgIpc) is 2.30. The first-order valence-corrected chi connectivity index (χ1v) is 6.03. The molecule has 2 N–H and O–H groups in total. The lowest BCUT2D eigenvalue weighted by Gasteiger charge is -2.24. The zero-order valence-corrected chi connectivity index (χ0v) is 11.2. The number of nitrogens with two attached hydrogens (primary N) is 1. The Morgan fingerprint density at radius 1 is 1.24 bits per heavy atom. The Bertz CT molecular complexity index is 368. The van der Waals surface area contributed by atoms with Crippen LogP contribution >= 0.6 is 0 Å². The van der Waals surface area contributed by atoms with Crippen molar-refractivity contribution in [1.29, 1.82) is 0 Å². The van der Waals surface area contributed by atoms with Gasteiger partial charge >= 0.3 is 0 Å². The number of ether oxygens (including phenoxy) is 1. The Morgan fingerprint density at radius 3 is 2.53 bits per heavy atom. The minimum atomic E-state index is 0.558. The molecule has 1 aromatic heterocycles. The van der Waals surface area contributed by atoms with E-state index in [-0.39, 0.29) is 0 Å². The number of aromatic nitrogens is 2. The Labute approximate surface area is 103 Å². The van der Waals surface area contributed by atoms with Crippen LogP contribution in [0.1, 0.15) is 25.2 Å². The van der Waals surface area contributed by atoms with Crippen molar-refractivity contribution in [1.82, 2.24) is 9.97 Å². The van der Waals surface area contributed by atoms with E-state index in [1.54, 1.807) is 0 Å². The largest absolute Gasteiger partial charge is 0.383 e. The van der Waals surface area contributed by atoms with Gasteiger partial charge in [-0.25, -0.2) is 9.97 Å². The van der Waals surface area contributed by atoms with E-state index in [4.69, 9.17) is 10.5 Å². The SMILES string of the molecule is CCOCCN(CC)c1nc(C)nc(N)c1C. The first kappa shape index (κ1) is 13.7. The molecule has 0 spiro atoms. The maximum absolute atomic E-state index is 5.86. The molecule has 0 fully saturated rings. The highest BCUT2D eigenvalue weighted by molar-refractivity contribution is 5.56. The fourth-order valence-corrected chi connectivity index (χ4v) is 1.68. The van der Waals surface area contributed by atoms with Crippen molar-refractivity contribution in [2.24, 2.45) is 0 Å². The molecule has 96 valence electrons. The Balaban J connectivity index is 2.87. The molecule has 0 radical (unpaired) electrons. The summed E-state index contributed by atoms with van der Waals surface area (Å²) in [4.78, 5) is 10.8. The molecule has 0 atom stereocenters. The molecule has 5 heteroatoms. The van der Waals surface area contributed by atoms with Gasteiger partial charge in [-0.3, -0.25) is 0 Å². The van der Waals surface area contributed by atoms with Crippen LogP contribution in [0.3, 0.4) is 0 Å². The van der Waals surface area contributed by atoms with Gasteiger partial charge in [-0.15, -0.1) is 0 Å². The molecule has 1 heterocycles. The summed E-state index contributed by atoms with van der Waals surface area (Å²) in [5, 5.41) is 0. The van der Waals surface area contributed by atoms with E-state index in [1.807, 2.05) is 20.8 Å². The smallest absolute Gasteiger partial charge is 0.137 e. The standard InChI is InChI=1S/C12H22N4O/c1-5-16(7-8-17-6-2)12-9(3)11(13)14-10(4)15-12/h5-8H2,1-4H3,(H2,13,14,15). The number of hydrogen-bond acceptors (Lipinski definition) is 5. The molecule has 17 heavy (non-hydrogen) atoms. The van der Waals surface area contributed by atoms with Gasteiger partial charge < -0.3 is 15.4 Å². The second kappa shape index (κ2) is 6.39. The summed E-state index contributed by atoms with van der Waals surface area (Å²) in [7, 11) is 0. The van der Waals surface area contributed by atoms with Crippen molar-refractivity contribution in [3.8, 4) is 0 Å². The van der Waals surface area contributed by atoms with Crippen LogP contribution in [-0.4, -0.2) is 36.3 Å². The summed E-state index contributed by atoms with van der Waals surface area (Å²) in [6, 6.07) is 0. The first-order valence-electron chi connectivity index (χ1n) is 6.03. The molecule has 1 rings (SSSR count). The van der Waals surface area contributed by atoms with Gasteiger partial charge in [0.25, 0.3) is 0 Å². The van der Waals surface area contributed by atoms with Crippen LogP contribution < -0.4 is 10.6 Å². The van der Waals surface area contributed by atoms with Crippen LogP contribution in [0.4, 0.5) is 11.6 Å². The molecule has 0 aliphatic heterocycles. The van der Waals surface area contributed by atoms with Crippen molar-refractivity contribution in [3.05, 3.63) is 11.4 Å². The van der Waals surface area contributed by atoms with Crippen molar-refractivity contribution in [3.63, 3.8) is 0 Å². The van der Waals surface area contributed by atoms with Crippen LogP contribution in [0.25, 0.3) is 0 Å². The van der Waals surface area contributed by atoms with Crippen molar-refractivity contribution < 1.29 is 4.74 Å². The number of aryl methyl sites for hydroxylation is 1. The molecule has 0 unspecified atom stereocenters. The molecule has 0 aromatic carbocycles. The van der Waals surface area contributed by atoms with Gasteiger partial charge in [0.15, 0.2) is 0 Å². The summed E-state index contributed by atoms with van der Waals surface area (Å²) in [6.07, 6.45) is 0. The van der Waals surface area contributed by atoms with E-state index in [1.165, 1.54) is 0 Å². The first-order chi connectivity index (χ1) is 8.10. The zero-order valence-electron chi connectivity index (χ0n) is 11.2. The molecule has 0 saturated heterocycles. The topological polar surface area (TPSA) is 64.3 Å². The van der Waals surface area contributed by atoms with Gasteiger partial charge in [-0.1, -0.05) is 0 Å². The quantitative estimate of drug-likeness (QED) is 0.762. The lowest BCUT2D eigenvalue weighted by atomic mass is 10.3. The number of hydrogen-bond donors (Lipinski definition) is 1. The van der Waals surface area contributed by atoms with Gasteiger partial charge in [0, 0.05) is 25.3 Å². The highest BCUT2D eigenvalue weighted by atomic mass is 16.5. The van der Waals surface area contributed by atoms with Crippen molar-refractivity contribution in [2.75, 3.05) is 36.9 Å². The van der Waals surface area contributed by atoms with E-state index >= 15 is 0 Å². The van der Waals surface area contributed by atoms with Crippen LogP contribution in [0.2, 0.25) is 0 Å². The minimum Gasteiger partial charge on any atom is -0.383 e. The predicted molar refractivity (Wildman–Crippen MR) is 70.3 cm³/mol. The Hall–Kier alpha value is -1.36. The second-order valence-electron chi connectivity index (χ2n) is 3.88. The van der Waals surface area contributed by atoms with Crippen LogP contribution in [0.5, 0.6) is 0 Å². The molecule has 5 nitrogen and oxygen atoms in total. The molecule has 0 bridgehead atoms. The van der Waals surface area contributed by atoms with Crippen LogP contribution in [0.15, 0.2) is 0 Å². The number of anilines is 2. The van der Waals surface area contributed by atoms with Gasteiger partial charge in [-0.2, -0.15) is 0 Å². The molecular formula is C12H22N4O. The normalized spacial score (nSPS) is 10.6. The summed E-state index contributed by atoms with van der Waals surface area (Å²) in [6.45, 7) is 11.0. The summed E-state index contributed by atoms with van der Waals surface area (Å²) >= 11 is 0. The lowest BCUT2D eigenvalue weighted by molar-refractivity contribution is 0.154. The van der Waals surface area contributed by atoms with Crippen LogP contribution in [0, 0.1) is 13.8 Å². The van der Waals surface area contributed by atoms with Crippen molar-refractivity contribution in [2.45, 2.75) is 27.7 Å². The molecule has 0 amide bonds. The summed E-state index contributed by atoms with van der Waals surface area (Å²) in [5.41, 5.74) is 6.80. The van der Waals surface area contributed by atoms with Crippen molar-refractivity contribution >= 4 is 11.6 Å². The maximum atomic E-state index is 5.86. The molecule has 0 aliphatic carbocycles. The number of likely N-dealkylation sites (N-methyl/N-ethyl adjacent to an activating group) is 1. The molecule has 0 saturated carbocycles. The highest BCUT2D eigenvalue weighted by Gasteiger charge is 2.12. The number of nitrogen functional groups attached to an aromatic ring is 1. The van der Waals surface area contributed by atoms with E-state index < -0.39 is 0 Å². The van der Waals surface area contributed by atoms with Gasteiger partial charge in [0.05, 0.1) is 6.61 Å². The second-order valence-corrected chi connectivity index (χ2v) is 3.88. The van der Waals surface area contributed by atoms with Gasteiger partial charge in [-0.05, 0) is 27.7 Å². The van der Waals surface area contributed by atoms with E-state index in [0.29, 0.717) is 18.2 Å². The predicted octanol–water partition coefficient (Wildman–Crippen LogP) is 1.54. The molecule has 0 aliphatic rings. The average molecular weight is 238 g/mol. The monoisotopic (exact) mass is 238 g/mol.